The number of hydrogen-bond acceptors (Lipinski definition) is 12. The van der Waals surface area contributed by atoms with Crippen LogP contribution < -0.4 is 10.7 Å². The van der Waals surface area contributed by atoms with Gasteiger partial charge in [0.05, 0.1) is 34.8 Å². The van der Waals surface area contributed by atoms with Crippen LogP contribution in [0.5, 0.6) is 0 Å². The van der Waals surface area contributed by atoms with Gasteiger partial charge in [0.15, 0.2) is 0 Å². The molecule has 6 rings (SSSR count). The maximum Gasteiger partial charge on any atom is 0.355 e. The Morgan fingerprint density at radius 2 is 1.90 bits per heavy atom. The number of benzene rings is 1. The van der Waals surface area contributed by atoms with Crippen molar-refractivity contribution in [3.63, 3.8) is 0 Å². The van der Waals surface area contributed by atoms with Crippen molar-refractivity contribution in [2.24, 2.45) is 16.3 Å². The van der Waals surface area contributed by atoms with Gasteiger partial charge in [0.2, 0.25) is 17.5 Å². The van der Waals surface area contributed by atoms with Gasteiger partial charge in [0.1, 0.15) is 12.1 Å². The number of carbonyl (C=O) groups excluding carboxylic acids is 5. The maximum absolute atomic E-state index is 14.7. The number of thiazole rings is 1. The standard InChI is InChI=1S/C50H69N9O8S/c1-13-34(42(51-15-3)32(8)66-12)44-36-26-49(9,10)29-67-47(63)50(65)20-17-21-59(54-50)46(62)37(25-40-52-38(28-68-40)33-18-19-39(35(36)24-33)57(44)16-4)53-45(61)43(30(5)6)55(11)48(64)58-23-22-56(27-31(58)7)41(60)14-2/h13-15,18-19,24,28,30-32,37,43,54,65H,1-2,16-17,20-23,25-27,29H2,3-12H3,(H,53,61)/b42-34+,51-15?/t31-,32-,37-,43-,50-/m0/s1. The first-order valence-corrected chi connectivity index (χ1v) is 24.3. The van der Waals surface area contributed by atoms with Crippen LogP contribution in [0, 0.1) is 11.3 Å². The predicted octanol–water partition coefficient (Wildman–Crippen LogP) is 5.57. The van der Waals surface area contributed by atoms with Crippen molar-refractivity contribution in [3.05, 3.63) is 70.9 Å². The SMILES string of the molecule is C=CC(=O)N1CCN(C(=O)N(C)[C@H](C(=O)N[C@H]2Cc3nc(cs3)-c3ccc4c(c3)c(c(/C(C=C)=C(/N=CC)[C@H](C)OC)n4CC)CC(C)(C)COC(=O)[C@@]3(O)CCCN(N3)C2=O)C(C)C)[C@@H](C)C1. The third kappa shape index (κ3) is 10.6. The quantitative estimate of drug-likeness (QED) is 0.0948. The van der Waals surface area contributed by atoms with E-state index in [9.17, 15) is 29.1 Å². The molecule has 17 nitrogen and oxygen atoms in total. The number of hydrazine groups is 1. The maximum atomic E-state index is 14.7. The molecular weight excluding hydrogens is 887 g/mol. The Morgan fingerprint density at radius 1 is 1.16 bits per heavy atom. The first-order chi connectivity index (χ1) is 32.2. The normalized spacial score (nSPS) is 22.6. The summed E-state index contributed by atoms with van der Waals surface area (Å²) >= 11 is 1.35. The smallest absolute Gasteiger partial charge is 0.355 e. The Labute approximate surface area is 403 Å². The summed E-state index contributed by atoms with van der Waals surface area (Å²) in [5.41, 5.74) is 5.76. The Hall–Kier alpha value is -5.69. The van der Waals surface area contributed by atoms with Crippen molar-refractivity contribution in [2.75, 3.05) is 46.9 Å². The number of aliphatic imine (C=N–C) groups is 1. The molecule has 3 aliphatic heterocycles. The highest BCUT2D eigenvalue weighted by Crippen LogP contribution is 2.40. The first-order valence-electron chi connectivity index (χ1n) is 23.4. The monoisotopic (exact) mass is 955 g/mol. The van der Waals surface area contributed by atoms with Gasteiger partial charge in [-0.2, -0.15) is 5.43 Å². The molecule has 6 bridgehead atoms. The number of fused-ring (bicyclic) bond motifs is 6. The number of amides is 5. The van der Waals surface area contributed by atoms with Crippen LogP contribution >= 0.6 is 11.3 Å². The number of nitrogens with one attached hydrogen (secondary N) is 2. The fraction of sp³-hybridized carbons (Fsp3) is 0.540. The van der Waals surface area contributed by atoms with Crippen LogP contribution in [-0.4, -0.2) is 147 Å². The number of rotatable bonds is 11. The number of hydrogen-bond donors (Lipinski definition) is 3. The van der Waals surface area contributed by atoms with E-state index in [0.29, 0.717) is 42.5 Å². The van der Waals surface area contributed by atoms with Crippen LogP contribution in [0.3, 0.4) is 0 Å². The zero-order chi connectivity index (χ0) is 49.8. The molecule has 2 fully saturated rings. The molecule has 68 heavy (non-hydrogen) atoms. The Morgan fingerprint density at radius 3 is 2.53 bits per heavy atom. The highest BCUT2D eigenvalue weighted by Gasteiger charge is 2.46. The van der Waals surface area contributed by atoms with Crippen molar-refractivity contribution in [1.82, 2.24) is 40.0 Å². The van der Waals surface area contributed by atoms with Crippen LogP contribution in [0.1, 0.15) is 84.5 Å². The molecule has 3 aliphatic rings. The second kappa shape index (κ2) is 21.3. The first kappa shape index (κ1) is 51.7. The summed E-state index contributed by atoms with van der Waals surface area (Å²) in [6.45, 7) is 24.8. The number of allylic oxidation sites excluding steroid dienone is 2. The summed E-state index contributed by atoms with van der Waals surface area (Å²) in [4.78, 5) is 84.1. The van der Waals surface area contributed by atoms with Crippen molar-refractivity contribution in [3.8, 4) is 11.3 Å². The average Bonchev–Trinajstić information content (AvgIpc) is 3.90. The molecule has 0 aliphatic carbocycles. The molecule has 0 saturated carbocycles. The van der Waals surface area contributed by atoms with Gasteiger partial charge < -0.3 is 39.2 Å². The van der Waals surface area contributed by atoms with E-state index in [4.69, 9.17) is 19.5 Å². The lowest BCUT2D eigenvalue weighted by molar-refractivity contribution is -0.189. The molecule has 0 radical (unpaired) electrons. The summed E-state index contributed by atoms with van der Waals surface area (Å²) in [7, 11) is 3.20. The van der Waals surface area contributed by atoms with E-state index in [-0.39, 0.29) is 69.0 Å². The number of cyclic esters (lactones) is 1. The van der Waals surface area contributed by atoms with Crippen molar-refractivity contribution < 1.29 is 38.6 Å². The number of aromatic nitrogens is 2. The lowest BCUT2D eigenvalue weighted by Gasteiger charge is -2.43. The molecule has 5 heterocycles. The van der Waals surface area contributed by atoms with Gasteiger partial charge in [-0.3, -0.25) is 24.4 Å². The van der Waals surface area contributed by atoms with Gasteiger partial charge in [-0.05, 0) is 70.2 Å². The van der Waals surface area contributed by atoms with Crippen LogP contribution in [0.2, 0.25) is 0 Å². The number of nitrogens with zero attached hydrogens (tertiary/aromatic N) is 7. The van der Waals surface area contributed by atoms with Crippen molar-refractivity contribution >= 4 is 63.7 Å². The molecule has 0 unspecified atom stereocenters. The Kier molecular flexibility index (Phi) is 16.2. The fourth-order valence-electron chi connectivity index (χ4n) is 9.59. The summed E-state index contributed by atoms with van der Waals surface area (Å²) in [5.74, 6) is -2.69. The van der Waals surface area contributed by atoms with Gasteiger partial charge in [-0.25, -0.2) is 14.6 Å². The van der Waals surface area contributed by atoms with Gasteiger partial charge in [0, 0.05) is 105 Å². The lowest BCUT2D eigenvalue weighted by Crippen LogP contribution is -2.67. The third-order valence-electron chi connectivity index (χ3n) is 13.1. The van der Waals surface area contributed by atoms with E-state index in [0.717, 1.165) is 33.3 Å². The predicted molar refractivity (Wildman–Crippen MR) is 264 cm³/mol. The van der Waals surface area contributed by atoms with Gasteiger partial charge in [0.25, 0.3) is 5.91 Å². The number of methoxy groups -OCH3 is 1. The molecule has 3 N–H and O–H groups in total. The minimum absolute atomic E-state index is 0.0253. The number of aryl methyl sites for hydroxylation is 1. The van der Waals surface area contributed by atoms with Crippen LogP contribution in [0.4, 0.5) is 4.79 Å². The highest BCUT2D eigenvalue weighted by atomic mass is 32.1. The van der Waals surface area contributed by atoms with Gasteiger partial charge in [-0.1, -0.05) is 53.0 Å². The zero-order valence-electron chi connectivity index (χ0n) is 41.3. The van der Waals surface area contributed by atoms with Crippen LogP contribution in [0.15, 0.2) is 59.6 Å². The number of urea groups is 1. The molecule has 5 amide bonds. The zero-order valence-corrected chi connectivity index (χ0v) is 42.1. The summed E-state index contributed by atoms with van der Waals surface area (Å²) in [5, 5.41) is 19.5. The number of likely N-dealkylation sites (N-methyl/N-ethyl adjacent to an activating group) is 1. The van der Waals surface area contributed by atoms with Crippen LogP contribution in [0.25, 0.3) is 27.7 Å². The minimum Gasteiger partial charge on any atom is -0.462 e. The third-order valence-corrected chi connectivity index (χ3v) is 14.0. The topological polar surface area (TPSA) is 191 Å². The van der Waals surface area contributed by atoms with E-state index < -0.39 is 41.0 Å². The number of esters is 1. The second-order valence-electron chi connectivity index (χ2n) is 19.1. The van der Waals surface area contributed by atoms with E-state index in [1.54, 1.807) is 30.2 Å². The molecule has 3 aromatic rings. The van der Waals surface area contributed by atoms with Crippen molar-refractivity contribution in [2.45, 2.75) is 118 Å². The van der Waals surface area contributed by atoms with Crippen LogP contribution in [-0.2, 0) is 48.0 Å². The molecule has 2 saturated heterocycles. The summed E-state index contributed by atoms with van der Waals surface area (Å²) in [6, 6.07) is 3.26. The van der Waals surface area contributed by atoms with E-state index in [2.05, 4.69) is 47.5 Å². The Bertz CT molecular complexity index is 2490. The molecule has 368 valence electrons. The number of piperazine rings is 1. The van der Waals surface area contributed by atoms with Crippen molar-refractivity contribution in [1.29, 1.82) is 0 Å². The summed E-state index contributed by atoms with van der Waals surface area (Å²) in [6.07, 6.45) is 5.09. The fourth-order valence-corrected chi connectivity index (χ4v) is 10.4. The van der Waals surface area contributed by atoms with Gasteiger partial charge in [-0.15, -0.1) is 11.3 Å². The molecule has 2 aromatic heterocycles. The summed E-state index contributed by atoms with van der Waals surface area (Å²) < 4.78 is 14.0. The van der Waals surface area contributed by atoms with Gasteiger partial charge >= 0.3 is 12.0 Å². The number of aliphatic hydroxyl groups is 1. The molecule has 1 aromatic carbocycles. The molecule has 18 heteroatoms. The molecular formula is C50H69N9O8S. The van der Waals surface area contributed by atoms with E-state index in [1.165, 1.54) is 27.3 Å². The highest BCUT2D eigenvalue weighted by molar-refractivity contribution is 7.10. The van der Waals surface area contributed by atoms with E-state index >= 15 is 0 Å². The van der Waals surface area contributed by atoms with E-state index in [1.807, 2.05) is 66.0 Å². The Balaban J connectivity index is 1.43. The number of carbonyl (C=O) groups is 5. The second-order valence-corrected chi connectivity index (χ2v) is 20.0. The lowest BCUT2D eigenvalue weighted by atomic mass is 9.84. The molecule has 5 atom stereocenters. The minimum atomic E-state index is -2.25. The average molecular weight is 956 g/mol. The largest absolute Gasteiger partial charge is 0.462 e. The number of ether oxygens (including phenoxy) is 2. The molecule has 0 spiro atoms.